The molecule has 18 heavy (non-hydrogen) atoms. The maximum absolute atomic E-state index is 10.4. The molecule has 0 aliphatic rings. The maximum atomic E-state index is 10.4. The number of carboxylic acids is 1. The quantitative estimate of drug-likeness (QED) is 0.589. The number of thioether (sulfide) groups is 1. The maximum Gasteiger partial charge on any atom is 0.328 e. The lowest BCUT2D eigenvalue weighted by molar-refractivity contribution is -0.131. The fourth-order valence-corrected chi connectivity index (χ4v) is 2.96. The van der Waals surface area contributed by atoms with Gasteiger partial charge in [0, 0.05) is 22.4 Å². The number of carboxylic acid groups (broad SMARTS) is 1. The van der Waals surface area contributed by atoms with Crippen molar-refractivity contribution in [2.24, 2.45) is 0 Å². The Balaban J connectivity index is 2.41. The molecule has 1 heterocycles. The molecule has 0 atom stereocenters. The van der Waals surface area contributed by atoms with Crippen molar-refractivity contribution >= 4 is 35.1 Å². The van der Waals surface area contributed by atoms with E-state index in [4.69, 9.17) is 5.11 Å². The molecule has 0 saturated carbocycles. The van der Waals surface area contributed by atoms with Crippen molar-refractivity contribution in [3.63, 3.8) is 0 Å². The first-order valence-corrected chi connectivity index (χ1v) is 8.00. The van der Waals surface area contributed by atoms with Crippen LogP contribution in [-0.2, 0) is 11.3 Å². The van der Waals surface area contributed by atoms with Gasteiger partial charge in [-0.15, -0.1) is 11.3 Å². The Hall–Kier alpha value is -0.780. The first kappa shape index (κ1) is 15.3. The Morgan fingerprint density at radius 1 is 1.56 bits per heavy atom. The molecular formula is C13H19NO2S2. The van der Waals surface area contributed by atoms with Crippen LogP contribution in [0.1, 0.15) is 16.2 Å². The Morgan fingerprint density at radius 2 is 2.33 bits per heavy atom. The zero-order chi connectivity index (χ0) is 13.4. The Bertz CT molecular complexity index is 401. The molecule has 0 bridgehead atoms. The van der Waals surface area contributed by atoms with Crippen LogP contribution in [0.3, 0.4) is 0 Å². The highest BCUT2D eigenvalue weighted by Gasteiger charge is 2.03. The van der Waals surface area contributed by atoms with Gasteiger partial charge in [-0.25, -0.2) is 4.79 Å². The van der Waals surface area contributed by atoms with Crippen molar-refractivity contribution < 1.29 is 9.90 Å². The van der Waals surface area contributed by atoms with E-state index in [-0.39, 0.29) is 0 Å². The molecule has 0 fully saturated rings. The number of thiophene rings is 1. The van der Waals surface area contributed by atoms with Crippen LogP contribution < -0.4 is 0 Å². The summed E-state index contributed by atoms with van der Waals surface area (Å²) in [6, 6.07) is 4.03. The summed E-state index contributed by atoms with van der Waals surface area (Å²) in [5.74, 6) is 0.292. The summed E-state index contributed by atoms with van der Waals surface area (Å²) >= 11 is 3.52. The van der Waals surface area contributed by atoms with Gasteiger partial charge in [0.2, 0.25) is 0 Å². The monoisotopic (exact) mass is 285 g/mol. The predicted molar refractivity (Wildman–Crippen MR) is 80.3 cm³/mol. The molecule has 1 rings (SSSR count). The van der Waals surface area contributed by atoms with E-state index in [1.807, 2.05) is 17.8 Å². The van der Waals surface area contributed by atoms with Crippen LogP contribution in [0.4, 0.5) is 0 Å². The molecule has 0 saturated heterocycles. The van der Waals surface area contributed by atoms with Crippen molar-refractivity contribution in [1.82, 2.24) is 4.90 Å². The molecular weight excluding hydrogens is 266 g/mol. The van der Waals surface area contributed by atoms with E-state index in [0.717, 1.165) is 18.0 Å². The smallest absolute Gasteiger partial charge is 0.328 e. The van der Waals surface area contributed by atoms with E-state index < -0.39 is 5.97 Å². The van der Waals surface area contributed by atoms with Crippen LogP contribution in [0.2, 0.25) is 0 Å². The molecule has 0 radical (unpaired) electrons. The fraction of sp³-hybridized carbons (Fsp3) is 0.462. The van der Waals surface area contributed by atoms with Gasteiger partial charge in [0.15, 0.2) is 0 Å². The van der Waals surface area contributed by atoms with E-state index in [1.54, 1.807) is 17.4 Å². The van der Waals surface area contributed by atoms with Gasteiger partial charge in [0.25, 0.3) is 0 Å². The number of rotatable bonds is 8. The van der Waals surface area contributed by atoms with Gasteiger partial charge in [-0.05, 0) is 50.2 Å². The van der Waals surface area contributed by atoms with Gasteiger partial charge in [-0.1, -0.05) is 0 Å². The third-order valence-electron chi connectivity index (χ3n) is 2.39. The van der Waals surface area contributed by atoms with E-state index >= 15 is 0 Å². The summed E-state index contributed by atoms with van der Waals surface area (Å²) in [5, 5.41) is 8.56. The topological polar surface area (TPSA) is 40.5 Å². The van der Waals surface area contributed by atoms with Crippen LogP contribution in [0, 0.1) is 0 Å². The molecule has 1 aromatic rings. The second kappa shape index (κ2) is 8.34. The highest BCUT2D eigenvalue weighted by atomic mass is 32.2. The summed E-state index contributed by atoms with van der Waals surface area (Å²) in [6.07, 6.45) is 6.15. The first-order valence-electron chi connectivity index (χ1n) is 5.79. The molecule has 1 N–H and O–H groups in total. The molecule has 0 aromatic carbocycles. The van der Waals surface area contributed by atoms with Gasteiger partial charge in [0.05, 0.1) is 0 Å². The number of hydrogen-bond donors (Lipinski definition) is 1. The number of hydrogen-bond acceptors (Lipinski definition) is 4. The van der Waals surface area contributed by atoms with Crippen molar-refractivity contribution in [3.05, 3.63) is 28.0 Å². The minimum atomic E-state index is -0.904. The molecule has 100 valence electrons. The van der Waals surface area contributed by atoms with Gasteiger partial charge >= 0.3 is 5.97 Å². The molecule has 0 amide bonds. The third kappa shape index (κ3) is 6.23. The summed E-state index contributed by atoms with van der Waals surface area (Å²) in [4.78, 5) is 15.0. The lowest BCUT2D eigenvalue weighted by atomic mass is 10.3. The largest absolute Gasteiger partial charge is 0.478 e. The molecule has 0 spiro atoms. The highest BCUT2D eigenvalue weighted by molar-refractivity contribution is 7.98. The molecule has 1 aromatic heterocycles. The molecule has 3 nitrogen and oxygen atoms in total. The zero-order valence-electron chi connectivity index (χ0n) is 10.8. The van der Waals surface area contributed by atoms with Crippen molar-refractivity contribution in [2.45, 2.75) is 13.0 Å². The second-order valence-corrected chi connectivity index (χ2v) is 6.25. The van der Waals surface area contributed by atoms with Gasteiger partial charge < -0.3 is 10.0 Å². The molecule has 0 aliphatic carbocycles. The lowest BCUT2D eigenvalue weighted by Crippen LogP contribution is -2.18. The normalized spacial score (nSPS) is 11.5. The minimum absolute atomic E-state index is 0.904. The zero-order valence-corrected chi connectivity index (χ0v) is 12.4. The molecule has 0 aliphatic heterocycles. The van der Waals surface area contributed by atoms with Crippen LogP contribution in [0.15, 0.2) is 18.2 Å². The SMILES string of the molecule is CSCCCN(C)Cc1ccc(/C=C/C(=O)O)s1. The summed E-state index contributed by atoms with van der Waals surface area (Å²) in [6.45, 7) is 2.03. The standard InChI is InChI=1S/C13H19NO2S2/c1-14(8-3-9-17-2)10-12-5-4-11(18-12)6-7-13(15)16/h4-7H,3,8-10H2,1-2H3,(H,15,16)/b7-6+. The molecule has 5 heteroatoms. The number of carbonyl (C=O) groups is 1. The second-order valence-electron chi connectivity index (χ2n) is 4.06. The van der Waals surface area contributed by atoms with Gasteiger partial charge in [-0.3, -0.25) is 0 Å². The van der Waals surface area contributed by atoms with E-state index in [9.17, 15) is 4.79 Å². The average molecular weight is 285 g/mol. The van der Waals surface area contributed by atoms with Crippen LogP contribution in [0.25, 0.3) is 6.08 Å². The van der Waals surface area contributed by atoms with Crippen LogP contribution in [0.5, 0.6) is 0 Å². The van der Waals surface area contributed by atoms with Gasteiger partial charge in [0.1, 0.15) is 0 Å². The Labute approximate surface area is 117 Å². The van der Waals surface area contributed by atoms with Crippen molar-refractivity contribution in [3.8, 4) is 0 Å². The van der Waals surface area contributed by atoms with Crippen LogP contribution in [-0.4, -0.2) is 41.6 Å². The third-order valence-corrected chi connectivity index (χ3v) is 4.12. The van der Waals surface area contributed by atoms with E-state index in [0.29, 0.717) is 0 Å². The van der Waals surface area contributed by atoms with Gasteiger partial charge in [-0.2, -0.15) is 11.8 Å². The van der Waals surface area contributed by atoms with E-state index in [2.05, 4.69) is 24.3 Å². The first-order chi connectivity index (χ1) is 8.61. The fourth-order valence-electron chi connectivity index (χ4n) is 1.55. The van der Waals surface area contributed by atoms with Crippen molar-refractivity contribution in [2.75, 3.05) is 25.6 Å². The minimum Gasteiger partial charge on any atom is -0.478 e. The summed E-state index contributed by atoms with van der Waals surface area (Å²) in [5.41, 5.74) is 0. The number of aliphatic carboxylic acids is 1. The number of nitrogens with zero attached hydrogens (tertiary/aromatic N) is 1. The van der Waals surface area contributed by atoms with E-state index in [1.165, 1.54) is 23.1 Å². The predicted octanol–water partition coefficient (Wildman–Crippen LogP) is 3.03. The summed E-state index contributed by atoms with van der Waals surface area (Å²) < 4.78 is 0. The average Bonchev–Trinajstić information content (AvgIpc) is 2.74. The highest BCUT2D eigenvalue weighted by Crippen LogP contribution is 2.19. The van der Waals surface area contributed by atoms with Crippen molar-refractivity contribution in [1.29, 1.82) is 0 Å². The van der Waals surface area contributed by atoms with Crippen LogP contribution >= 0.6 is 23.1 Å². The molecule has 0 unspecified atom stereocenters. The Kier molecular flexibility index (Phi) is 7.08. The summed E-state index contributed by atoms with van der Waals surface area (Å²) in [7, 11) is 2.12. The Morgan fingerprint density at radius 3 is 3.00 bits per heavy atom. The lowest BCUT2D eigenvalue weighted by Gasteiger charge is -2.14.